The minimum Gasteiger partial charge on any atom is -0.469 e. The number of amides is 1. The molecule has 1 saturated heterocycles. The van der Waals surface area contributed by atoms with E-state index in [1.165, 1.54) is 4.90 Å². The Morgan fingerprint density at radius 1 is 1.28 bits per heavy atom. The predicted octanol–water partition coefficient (Wildman–Crippen LogP) is 3.62. The van der Waals surface area contributed by atoms with Gasteiger partial charge in [0.2, 0.25) is 5.88 Å². The van der Waals surface area contributed by atoms with E-state index in [1.54, 1.807) is 21.5 Å². The third-order valence-electron chi connectivity index (χ3n) is 5.61. The Morgan fingerprint density at radius 3 is 2.81 bits per heavy atom. The number of halogens is 1. The zero-order valence-corrected chi connectivity index (χ0v) is 18.1. The molecule has 0 radical (unpaired) electrons. The van der Waals surface area contributed by atoms with Crippen molar-refractivity contribution in [2.75, 3.05) is 13.1 Å². The third kappa shape index (κ3) is 3.42. The van der Waals surface area contributed by atoms with Crippen molar-refractivity contribution in [3.05, 3.63) is 59.3 Å². The summed E-state index contributed by atoms with van der Waals surface area (Å²) < 4.78 is 9.73. The zero-order chi connectivity index (χ0) is 22.4. The highest BCUT2D eigenvalue weighted by atomic mass is 35.5. The molecule has 32 heavy (non-hydrogen) atoms. The van der Waals surface area contributed by atoms with Crippen LogP contribution in [-0.4, -0.2) is 58.6 Å². The molecule has 4 aromatic rings. The van der Waals surface area contributed by atoms with E-state index in [-0.39, 0.29) is 12.1 Å². The zero-order valence-electron chi connectivity index (χ0n) is 17.4. The molecule has 11 heteroatoms. The van der Waals surface area contributed by atoms with Crippen LogP contribution < -0.4 is 4.74 Å². The molecule has 1 aliphatic rings. The maximum atomic E-state index is 11.1. The first kappa shape index (κ1) is 20.3. The van der Waals surface area contributed by atoms with E-state index in [0.29, 0.717) is 35.5 Å². The van der Waals surface area contributed by atoms with Crippen molar-refractivity contribution in [2.45, 2.75) is 26.0 Å². The van der Waals surface area contributed by atoms with Gasteiger partial charge in [0.25, 0.3) is 0 Å². The second-order valence-corrected chi connectivity index (χ2v) is 8.07. The quantitative estimate of drug-likeness (QED) is 0.491. The Bertz CT molecular complexity index is 1300. The van der Waals surface area contributed by atoms with E-state index < -0.39 is 6.09 Å². The second kappa shape index (κ2) is 7.79. The summed E-state index contributed by atoms with van der Waals surface area (Å²) >= 11 is 6.37. The van der Waals surface area contributed by atoms with E-state index in [1.807, 2.05) is 44.2 Å². The summed E-state index contributed by atoms with van der Waals surface area (Å²) in [4.78, 5) is 21.2. The van der Waals surface area contributed by atoms with Crippen molar-refractivity contribution in [3.8, 4) is 17.1 Å². The highest BCUT2D eigenvalue weighted by molar-refractivity contribution is 6.29. The summed E-state index contributed by atoms with van der Waals surface area (Å²) in [5, 5.41) is 18.1. The number of imidazole rings is 1. The van der Waals surface area contributed by atoms with Crippen LogP contribution in [-0.2, 0) is 0 Å². The lowest BCUT2D eigenvalue weighted by Crippen LogP contribution is -2.50. The van der Waals surface area contributed by atoms with Crippen molar-refractivity contribution in [3.63, 3.8) is 0 Å². The lowest BCUT2D eigenvalue weighted by atomic mass is 10.1. The van der Waals surface area contributed by atoms with Crippen molar-refractivity contribution in [1.29, 1.82) is 0 Å². The van der Waals surface area contributed by atoms with Crippen molar-refractivity contribution in [1.82, 2.24) is 34.3 Å². The van der Waals surface area contributed by atoms with Gasteiger partial charge in [-0.3, -0.25) is 9.38 Å². The first-order valence-electron chi connectivity index (χ1n) is 10.1. The second-order valence-electron chi connectivity index (χ2n) is 7.68. The van der Waals surface area contributed by atoms with E-state index in [4.69, 9.17) is 21.4 Å². The number of aromatic nitrogens is 6. The van der Waals surface area contributed by atoms with Crippen molar-refractivity contribution >= 4 is 23.3 Å². The van der Waals surface area contributed by atoms with Gasteiger partial charge in [-0.2, -0.15) is 0 Å². The monoisotopic (exact) mass is 453 g/mol. The van der Waals surface area contributed by atoms with Gasteiger partial charge in [-0.25, -0.2) is 14.5 Å². The molecule has 1 aliphatic heterocycles. The summed E-state index contributed by atoms with van der Waals surface area (Å²) in [5.74, 6) is 0.507. The van der Waals surface area contributed by atoms with Crippen molar-refractivity contribution in [2.24, 2.45) is 0 Å². The van der Waals surface area contributed by atoms with Crippen molar-refractivity contribution < 1.29 is 14.6 Å². The number of ether oxygens (including phenoxy) is 1. The number of pyridine rings is 2. The van der Waals surface area contributed by atoms with Crippen LogP contribution in [0.15, 0.2) is 42.7 Å². The molecule has 5 heterocycles. The molecule has 0 saturated carbocycles. The van der Waals surface area contributed by atoms with E-state index >= 15 is 0 Å². The summed E-state index contributed by atoms with van der Waals surface area (Å²) in [6, 6.07) is 9.35. The van der Waals surface area contributed by atoms with Crippen LogP contribution in [0.4, 0.5) is 4.79 Å². The largest absolute Gasteiger partial charge is 0.469 e. The summed E-state index contributed by atoms with van der Waals surface area (Å²) in [6.45, 7) is 4.62. The van der Waals surface area contributed by atoms with Crippen LogP contribution in [0.3, 0.4) is 0 Å². The average Bonchev–Trinajstić information content (AvgIpc) is 3.30. The molecule has 1 N–H and O–H groups in total. The van der Waals surface area contributed by atoms with Gasteiger partial charge in [-0.15, -0.1) is 5.10 Å². The lowest BCUT2D eigenvalue weighted by molar-refractivity contribution is 0.0797. The van der Waals surface area contributed by atoms with Gasteiger partial charge < -0.3 is 14.7 Å². The van der Waals surface area contributed by atoms with Crippen LogP contribution >= 0.6 is 11.6 Å². The predicted molar refractivity (Wildman–Crippen MR) is 116 cm³/mol. The van der Waals surface area contributed by atoms with Gasteiger partial charge >= 0.3 is 6.09 Å². The molecule has 5 rings (SSSR count). The summed E-state index contributed by atoms with van der Waals surface area (Å²) in [6.07, 6.45) is 2.04. The molecular formula is C21H20ClN7O3. The SMILES string of the molecule is Cc1c(-c2cc(OC(C)c3ccccn3)n3c(Cl)cnc3c2)nnn1C1CN(C(=O)O)C1. The minimum absolute atomic E-state index is 0.0307. The highest BCUT2D eigenvalue weighted by Gasteiger charge is 2.34. The molecule has 0 aromatic carbocycles. The minimum atomic E-state index is -0.926. The number of rotatable bonds is 5. The molecule has 1 amide bonds. The van der Waals surface area contributed by atoms with Gasteiger partial charge in [0.05, 0.1) is 23.6 Å². The Balaban J connectivity index is 1.50. The molecule has 0 aliphatic carbocycles. The number of likely N-dealkylation sites (tertiary alicyclic amines) is 1. The molecule has 4 aromatic heterocycles. The fourth-order valence-corrected chi connectivity index (χ4v) is 4.06. The molecule has 164 valence electrons. The number of hydrogen-bond acceptors (Lipinski definition) is 6. The normalized spacial score (nSPS) is 15.0. The van der Waals surface area contributed by atoms with E-state index in [9.17, 15) is 4.79 Å². The number of nitrogens with zero attached hydrogens (tertiary/aromatic N) is 7. The lowest BCUT2D eigenvalue weighted by Gasteiger charge is -2.37. The van der Waals surface area contributed by atoms with Crippen LogP contribution in [0.1, 0.15) is 30.5 Å². The number of fused-ring (bicyclic) bond motifs is 1. The maximum Gasteiger partial charge on any atom is 0.407 e. The Morgan fingerprint density at radius 2 is 2.09 bits per heavy atom. The standard InChI is InChI=1S/C21H20ClN7O3/c1-12-20(25-26-29(12)15-10-27(11-15)21(30)31)14-7-18-24-9-17(22)28(18)19(8-14)32-13(2)16-5-3-4-6-23-16/h3-9,13,15H,10-11H2,1-2H3,(H,30,31). The fraction of sp³-hybridized carbons (Fsp3) is 0.286. The van der Waals surface area contributed by atoms with Gasteiger partial charge in [0.15, 0.2) is 0 Å². The first-order chi connectivity index (χ1) is 15.4. The van der Waals surface area contributed by atoms with E-state index in [2.05, 4.69) is 20.3 Å². The molecule has 0 spiro atoms. The number of carbonyl (C=O) groups is 1. The number of hydrogen-bond donors (Lipinski definition) is 1. The fourth-order valence-electron chi connectivity index (χ4n) is 3.84. The van der Waals surface area contributed by atoms with Gasteiger partial charge in [0.1, 0.15) is 22.6 Å². The smallest absolute Gasteiger partial charge is 0.407 e. The average molecular weight is 454 g/mol. The molecule has 1 atom stereocenters. The Labute approximate surface area is 188 Å². The maximum absolute atomic E-state index is 11.1. The van der Waals surface area contributed by atoms with Crippen LogP contribution in [0, 0.1) is 6.92 Å². The van der Waals surface area contributed by atoms with Crippen LogP contribution in [0.25, 0.3) is 16.9 Å². The molecule has 10 nitrogen and oxygen atoms in total. The number of carboxylic acid groups (broad SMARTS) is 1. The molecule has 0 bridgehead atoms. The topological polar surface area (TPSA) is 111 Å². The Kier molecular flexibility index (Phi) is 4.93. The third-order valence-corrected chi connectivity index (χ3v) is 5.88. The highest BCUT2D eigenvalue weighted by Crippen LogP contribution is 2.33. The van der Waals surface area contributed by atoms with Gasteiger partial charge in [-0.1, -0.05) is 22.9 Å². The van der Waals surface area contributed by atoms with E-state index in [0.717, 1.165) is 17.0 Å². The molecule has 1 fully saturated rings. The summed E-state index contributed by atoms with van der Waals surface area (Å²) in [5.41, 5.74) is 3.70. The van der Waals surface area contributed by atoms with Gasteiger partial charge in [-0.05, 0) is 32.0 Å². The van der Waals surface area contributed by atoms with Crippen LogP contribution in [0.2, 0.25) is 5.15 Å². The molecular weight excluding hydrogens is 434 g/mol. The Hall–Kier alpha value is -3.66. The van der Waals surface area contributed by atoms with Gasteiger partial charge in [0, 0.05) is 30.9 Å². The summed E-state index contributed by atoms with van der Waals surface area (Å²) in [7, 11) is 0. The first-order valence-corrected chi connectivity index (χ1v) is 10.4. The van der Waals surface area contributed by atoms with Crippen LogP contribution in [0.5, 0.6) is 5.88 Å². The molecule has 1 unspecified atom stereocenters.